The van der Waals surface area contributed by atoms with Crippen LogP contribution in [0.5, 0.6) is 5.75 Å². The van der Waals surface area contributed by atoms with Crippen LogP contribution in [0.3, 0.4) is 0 Å². The van der Waals surface area contributed by atoms with E-state index < -0.39 is 15.9 Å². The van der Waals surface area contributed by atoms with Crippen molar-refractivity contribution in [3.05, 3.63) is 59.7 Å². The van der Waals surface area contributed by atoms with Crippen molar-refractivity contribution in [3.63, 3.8) is 0 Å². The largest absolute Gasteiger partial charge is 0.495 e. The number of ether oxygens (including phenoxy) is 2. The van der Waals surface area contributed by atoms with Crippen molar-refractivity contribution in [3.8, 4) is 5.75 Å². The Labute approximate surface area is 194 Å². The van der Waals surface area contributed by atoms with Crippen LogP contribution < -0.4 is 20.1 Å². The third kappa shape index (κ3) is 8.01. The fraction of sp³-hybridized carbons (Fsp3) is 0.304. The highest BCUT2D eigenvalue weighted by molar-refractivity contribution is 7.89. The minimum atomic E-state index is -3.73. The number of benzene rings is 2. The Bertz CT molecular complexity index is 1100. The first-order valence-corrected chi connectivity index (χ1v) is 11.9. The van der Waals surface area contributed by atoms with Crippen LogP contribution in [-0.2, 0) is 19.6 Å². The molecule has 0 radical (unpaired) electrons. The van der Waals surface area contributed by atoms with E-state index in [9.17, 15) is 18.0 Å². The van der Waals surface area contributed by atoms with Gasteiger partial charge < -0.3 is 20.1 Å². The molecule has 0 spiro atoms. The van der Waals surface area contributed by atoms with E-state index in [1.54, 1.807) is 30.3 Å². The van der Waals surface area contributed by atoms with Gasteiger partial charge in [-0.3, -0.25) is 9.59 Å². The summed E-state index contributed by atoms with van der Waals surface area (Å²) in [6, 6.07) is 11.1. The minimum Gasteiger partial charge on any atom is -0.495 e. The van der Waals surface area contributed by atoms with E-state index >= 15 is 0 Å². The molecular weight excluding hydrogens is 446 g/mol. The average Bonchev–Trinajstić information content (AvgIpc) is 2.82. The monoisotopic (exact) mass is 475 g/mol. The van der Waals surface area contributed by atoms with Crippen LogP contribution in [0.15, 0.2) is 53.4 Å². The maximum atomic E-state index is 12.3. The fourth-order valence-electron chi connectivity index (χ4n) is 2.83. The molecule has 2 rings (SSSR count). The first-order valence-electron chi connectivity index (χ1n) is 10.4. The van der Waals surface area contributed by atoms with Crippen LogP contribution >= 0.6 is 0 Å². The van der Waals surface area contributed by atoms with Gasteiger partial charge in [0.05, 0.1) is 7.11 Å². The summed E-state index contributed by atoms with van der Waals surface area (Å²) in [5.74, 6) is -0.480. The number of sulfonamides is 1. The molecule has 2 aromatic rings. The van der Waals surface area contributed by atoms with Crippen molar-refractivity contribution < 1.29 is 27.5 Å². The number of nitrogens with one attached hydrogen (secondary N) is 3. The maximum Gasteiger partial charge on any atom is 0.251 e. The molecule has 0 bridgehead atoms. The molecule has 0 fully saturated rings. The molecule has 3 N–H and O–H groups in total. The first-order chi connectivity index (χ1) is 15.8. The molecular formula is C23H29N3O6S. The van der Waals surface area contributed by atoms with Crippen molar-refractivity contribution in [2.45, 2.75) is 18.2 Å². The summed E-state index contributed by atoms with van der Waals surface area (Å²) in [6.45, 7) is 3.62. The molecule has 33 heavy (non-hydrogen) atoms. The molecule has 0 heterocycles. The van der Waals surface area contributed by atoms with Crippen molar-refractivity contribution in [2.75, 3.05) is 39.2 Å². The topological polar surface area (TPSA) is 123 Å². The van der Waals surface area contributed by atoms with Crippen LogP contribution in [0, 0.1) is 0 Å². The number of hydrogen-bond acceptors (Lipinski definition) is 6. The average molecular weight is 476 g/mol. The van der Waals surface area contributed by atoms with E-state index in [-0.39, 0.29) is 16.6 Å². The molecule has 2 amide bonds. The zero-order valence-electron chi connectivity index (χ0n) is 18.9. The van der Waals surface area contributed by atoms with Crippen molar-refractivity contribution in [1.29, 1.82) is 0 Å². The predicted molar refractivity (Wildman–Crippen MR) is 127 cm³/mol. The normalized spacial score (nSPS) is 11.4. The summed E-state index contributed by atoms with van der Waals surface area (Å²) in [5.41, 5.74) is 1.38. The van der Waals surface area contributed by atoms with Gasteiger partial charge in [-0.25, -0.2) is 13.1 Å². The number of hydrogen-bond donors (Lipinski definition) is 3. The lowest BCUT2D eigenvalue weighted by Crippen LogP contribution is -2.25. The zero-order chi connectivity index (χ0) is 24.3. The van der Waals surface area contributed by atoms with Crippen LogP contribution in [-0.4, -0.2) is 54.1 Å². The van der Waals surface area contributed by atoms with Gasteiger partial charge in [0.1, 0.15) is 10.6 Å². The predicted octanol–water partition coefficient (Wildman–Crippen LogP) is 2.41. The van der Waals surface area contributed by atoms with E-state index in [0.29, 0.717) is 43.0 Å². The third-order valence-corrected chi connectivity index (χ3v) is 5.96. The second-order valence-electron chi connectivity index (χ2n) is 6.83. The smallest absolute Gasteiger partial charge is 0.251 e. The molecule has 0 atom stereocenters. The first kappa shape index (κ1) is 26.0. The number of carbonyl (C=O) groups is 2. The fourth-order valence-corrected chi connectivity index (χ4v) is 3.76. The SMILES string of the molecule is CCOCCCNC(=O)c1cccc(NC(=O)/C=C/c2ccc(OC)c(S(=O)(=O)NC)c2)c1. The van der Waals surface area contributed by atoms with Gasteiger partial charge in [0.15, 0.2) is 0 Å². The standard InChI is InChI=1S/C23H29N3O6S/c1-4-32-14-6-13-25-23(28)18-7-5-8-19(16-18)26-22(27)12-10-17-9-11-20(31-3)21(15-17)33(29,30)24-2/h5,7-12,15-16,24H,4,6,13-14H2,1-3H3,(H,25,28)(H,26,27)/b12-10+. The third-order valence-electron chi connectivity index (χ3n) is 4.52. The molecule has 0 aliphatic rings. The molecule has 178 valence electrons. The Morgan fingerprint density at radius 1 is 1.12 bits per heavy atom. The number of anilines is 1. The molecule has 0 unspecified atom stereocenters. The zero-order valence-corrected chi connectivity index (χ0v) is 19.7. The lowest BCUT2D eigenvalue weighted by atomic mass is 10.1. The Morgan fingerprint density at radius 3 is 2.61 bits per heavy atom. The molecule has 9 nitrogen and oxygen atoms in total. The van der Waals surface area contributed by atoms with Crippen LogP contribution in [0.1, 0.15) is 29.3 Å². The lowest BCUT2D eigenvalue weighted by Gasteiger charge is -2.09. The van der Waals surface area contributed by atoms with Crippen molar-refractivity contribution in [2.24, 2.45) is 0 Å². The van der Waals surface area contributed by atoms with E-state index in [1.165, 1.54) is 38.4 Å². The maximum absolute atomic E-state index is 12.3. The Kier molecular flexibility index (Phi) is 10.0. The van der Waals surface area contributed by atoms with Gasteiger partial charge in [-0.2, -0.15) is 0 Å². The van der Waals surface area contributed by atoms with Gasteiger partial charge in [0.25, 0.3) is 5.91 Å². The van der Waals surface area contributed by atoms with Gasteiger partial charge >= 0.3 is 0 Å². The van der Waals surface area contributed by atoms with Crippen LogP contribution in [0.4, 0.5) is 5.69 Å². The molecule has 0 saturated carbocycles. The summed E-state index contributed by atoms with van der Waals surface area (Å²) in [6.07, 6.45) is 3.47. The molecule has 0 saturated heterocycles. The van der Waals surface area contributed by atoms with Gasteiger partial charge in [-0.15, -0.1) is 0 Å². The Hall–Kier alpha value is -3.21. The summed E-state index contributed by atoms with van der Waals surface area (Å²) in [7, 11) is -1.05. The van der Waals surface area contributed by atoms with Crippen molar-refractivity contribution >= 4 is 33.6 Å². The molecule has 0 aromatic heterocycles. The van der Waals surface area contributed by atoms with E-state index in [2.05, 4.69) is 15.4 Å². The summed E-state index contributed by atoms with van der Waals surface area (Å²) < 4.78 is 36.9. The molecule has 0 aliphatic carbocycles. The second-order valence-corrected chi connectivity index (χ2v) is 8.68. The van der Waals surface area contributed by atoms with Gasteiger partial charge in [-0.1, -0.05) is 12.1 Å². The molecule has 10 heteroatoms. The van der Waals surface area contributed by atoms with E-state index in [4.69, 9.17) is 9.47 Å². The number of carbonyl (C=O) groups excluding carboxylic acids is 2. The minimum absolute atomic E-state index is 0.0324. The quantitative estimate of drug-likeness (QED) is 0.320. The Morgan fingerprint density at radius 2 is 1.91 bits per heavy atom. The van der Waals surface area contributed by atoms with Gasteiger partial charge in [0.2, 0.25) is 15.9 Å². The van der Waals surface area contributed by atoms with Gasteiger partial charge in [-0.05, 0) is 62.4 Å². The molecule has 0 aliphatic heterocycles. The van der Waals surface area contributed by atoms with Crippen LogP contribution in [0.25, 0.3) is 6.08 Å². The second kappa shape index (κ2) is 12.7. The summed E-state index contributed by atoms with van der Waals surface area (Å²) >= 11 is 0. The van der Waals surface area contributed by atoms with Gasteiger partial charge in [0, 0.05) is 37.1 Å². The number of rotatable bonds is 12. The molecule has 2 aromatic carbocycles. The highest BCUT2D eigenvalue weighted by atomic mass is 32.2. The van der Waals surface area contributed by atoms with E-state index in [1.807, 2.05) is 6.92 Å². The highest BCUT2D eigenvalue weighted by Gasteiger charge is 2.17. The number of amides is 2. The highest BCUT2D eigenvalue weighted by Crippen LogP contribution is 2.25. The lowest BCUT2D eigenvalue weighted by molar-refractivity contribution is -0.111. The van der Waals surface area contributed by atoms with Crippen LogP contribution in [0.2, 0.25) is 0 Å². The van der Waals surface area contributed by atoms with Crippen molar-refractivity contribution in [1.82, 2.24) is 10.0 Å². The van der Waals surface area contributed by atoms with E-state index in [0.717, 1.165) is 0 Å². The number of methoxy groups -OCH3 is 1. The summed E-state index contributed by atoms with van der Waals surface area (Å²) in [4.78, 5) is 24.6. The Balaban J connectivity index is 2.03. The summed E-state index contributed by atoms with van der Waals surface area (Å²) in [5, 5.41) is 5.50.